The van der Waals surface area contributed by atoms with Gasteiger partial charge < -0.3 is 0 Å². The predicted molar refractivity (Wildman–Crippen MR) is 101 cm³/mol. The Morgan fingerprint density at radius 1 is 1.11 bits per heavy atom. The van der Waals surface area contributed by atoms with Crippen molar-refractivity contribution in [2.45, 2.75) is 18.8 Å². The molecule has 0 amide bonds. The summed E-state index contributed by atoms with van der Waals surface area (Å²) in [7, 11) is 0. The van der Waals surface area contributed by atoms with Crippen molar-refractivity contribution >= 4 is 23.2 Å². The normalized spacial score (nSPS) is 16.5. The largest absolute Gasteiger partial charge is 0.294 e. The second-order valence-corrected chi connectivity index (χ2v) is 7.02. The molecule has 1 unspecified atom stereocenters. The number of carbonyl (C=O) groups is 1. The van der Waals surface area contributed by atoms with Gasteiger partial charge in [0.25, 0.3) is 5.78 Å². The third kappa shape index (κ3) is 2.78. The lowest BCUT2D eigenvalue weighted by molar-refractivity contribution is 0.0962. The van der Waals surface area contributed by atoms with Crippen LogP contribution in [-0.2, 0) is 6.42 Å². The molecule has 1 atom stereocenters. The first-order chi connectivity index (χ1) is 13.2. The Kier molecular flexibility index (Phi) is 3.72. The van der Waals surface area contributed by atoms with Gasteiger partial charge in [-0.15, -0.1) is 5.10 Å². The van der Waals surface area contributed by atoms with Gasteiger partial charge in [-0.05, 0) is 42.2 Å². The number of Topliss-reactive ketones (excluding diaryl/α,β-unsaturated/α-hetero) is 1. The summed E-state index contributed by atoms with van der Waals surface area (Å²) in [5.41, 5.74) is 3.37. The highest BCUT2D eigenvalue weighted by atomic mass is 35.5. The van der Waals surface area contributed by atoms with E-state index in [1.165, 1.54) is 0 Å². The van der Waals surface area contributed by atoms with Crippen LogP contribution in [0.1, 0.15) is 34.0 Å². The molecule has 0 saturated carbocycles. The van der Waals surface area contributed by atoms with Gasteiger partial charge in [0.2, 0.25) is 0 Å². The van der Waals surface area contributed by atoms with E-state index in [4.69, 9.17) is 11.6 Å². The Labute approximate surface area is 159 Å². The summed E-state index contributed by atoms with van der Waals surface area (Å²) < 4.78 is 1.69. The van der Waals surface area contributed by atoms with Crippen molar-refractivity contribution in [2.75, 3.05) is 0 Å². The maximum absolute atomic E-state index is 12.7. The van der Waals surface area contributed by atoms with Crippen LogP contribution in [0.3, 0.4) is 0 Å². The number of halogens is 1. The van der Waals surface area contributed by atoms with Crippen LogP contribution in [0.4, 0.5) is 0 Å². The van der Waals surface area contributed by atoms with E-state index in [-0.39, 0.29) is 11.7 Å². The molecule has 0 aliphatic heterocycles. The van der Waals surface area contributed by atoms with E-state index in [2.05, 4.69) is 20.1 Å². The summed E-state index contributed by atoms with van der Waals surface area (Å²) in [5.74, 6) is 1.18. The van der Waals surface area contributed by atoms with Crippen molar-refractivity contribution in [3.63, 3.8) is 0 Å². The third-order valence-electron chi connectivity index (χ3n) is 4.90. The zero-order valence-corrected chi connectivity index (χ0v) is 15.0. The number of aromatic nitrogens is 5. The number of nitrogens with zero attached hydrogens (tertiary/aromatic N) is 5. The van der Waals surface area contributed by atoms with Gasteiger partial charge in [-0.1, -0.05) is 23.7 Å². The number of pyridine rings is 1. The van der Waals surface area contributed by atoms with Gasteiger partial charge in [-0.25, -0.2) is 4.98 Å². The van der Waals surface area contributed by atoms with Crippen molar-refractivity contribution in [3.8, 4) is 11.4 Å². The molecule has 4 aromatic rings. The first kappa shape index (κ1) is 16.1. The molecule has 0 N–H and O–H groups in total. The van der Waals surface area contributed by atoms with Gasteiger partial charge in [0.15, 0.2) is 11.6 Å². The molecule has 1 aliphatic rings. The van der Waals surface area contributed by atoms with E-state index in [0.29, 0.717) is 35.0 Å². The molecule has 6 nitrogen and oxygen atoms in total. The van der Waals surface area contributed by atoms with Crippen molar-refractivity contribution < 1.29 is 4.79 Å². The van der Waals surface area contributed by atoms with Gasteiger partial charge in [-0.2, -0.15) is 9.50 Å². The first-order valence-electron chi connectivity index (χ1n) is 8.63. The van der Waals surface area contributed by atoms with Crippen LogP contribution in [0.2, 0.25) is 5.02 Å². The summed E-state index contributed by atoms with van der Waals surface area (Å²) in [5, 5.41) is 5.29. The number of hydrogen-bond acceptors (Lipinski definition) is 5. The minimum Gasteiger partial charge on any atom is -0.294 e. The minimum absolute atomic E-state index is 0.0582. The number of rotatable bonds is 2. The summed E-state index contributed by atoms with van der Waals surface area (Å²) in [6.45, 7) is 0. The fraction of sp³-hybridized carbons (Fsp3) is 0.150. The molecular weight excluding hydrogens is 362 g/mol. The van der Waals surface area contributed by atoms with E-state index in [0.717, 1.165) is 16.8 Å². The maximum Gasteiger partial charge on any atom is 0.252 e. The lowest BCUT2D eigenvalue weighted by Gasteiger charge is -2.24. The molecule has 0 spiro atoms. The standard InChI is InChI=1S/C20H14ClN5O/c21-15-3-1-2-13(8-15)14-9-17-16(18(27)10-14)11-23-20-24-19(25-26(17)20)12-4-6-22-7-5-12/h1-8,11,14H,9-10H2. The molecule has 132 valence electrons. The fourth-order valence-electron chi connectivity index (χ4n) is 3.57. The van der Waals surface area contributed by atoms with Gasteiger partial charge >= 0.3 is 0 Å². The van der Waals surface area contributed by atoms with Gasteiger partial charge in [0.05, 0.1) is 11.3 Å². The predicted octanol–water partition coefficient (Wildman–Crippen LogP) is 3.75. The Bertz CT molecular complexity index is 1170. The minimum atomic E-state index is 0.0582. The number of fused-ring (bicyclic) bond motifs is 3. The van der Waals surface area contributed by atoms with E-state index in [1.54, 1.807) is 23.1 Å². The zero-order chi connectivity index (χ0) is 18.4. The molecule has 0 fully saturated rings. The molecule has 3 heterocycles. The Morgan fingerprint density at radius 3 is 2.78 bits per heavy atom. The highest BCUT2D eigenvalue weighted by molar-refractivity contribution is 6.30. The molecule has 27 heavy (non-hydrogen) atoms. The zero-order valence-electron chi connectivity index (χ0n) is 14.2. The maximum atomic E-state index is 12.7. The molecular formula is C20H14ClN5O. The van der Waals surface area contributed by atoms with E-state index >= 15 is 0 Å². The fourth-order valence-corrected chi connectivity index (χ4v) is 3.77. The average molecular weight is 376 g/mol. The van der Waals surface area contributed by atoms with Crippen molar-refractivity contribution in [1.29, 1.82) is 0 Å². The van der Waals surface area contributed by atoms with Gasteiger partial charge in [-0.3, -0.25) is 9.78 Å². The lowest BCUT2D eigenvalue weighted by atomic mass is 9.82. The number of ketones is 1. The van der Waals surface area contributed by atoms with Gasteiger partial charge in [0.1, 0.15) is 0 Å². The molecule has 1 aromatic carbocycles. The molecule has 5 rings (SSSR count). The van der Waals surface area contributed by atoms with Gasteiger partial charge in [0, 0.05) is 35.6 Å². The summed E-state index contributed by atoms with van der Waals surface area (Å²) >= 11 is 6.14. The Balaban J connectivity index is 1.62. The Hall–Kier alpha value is -3.12. The molecule has 7 heteroatoms. The van der Waals surface area contributed by atoms with Crippen LogP contribution in [0.5, 0.6) is 0 Å². The molecule has 3 aromatic heterocycles. The molecule has 0 saturated heterocycles. The smallest absolute Gasteiger partial charge is 0.252 e. The summed E-state index contributed by atoms with van der Waals surface area (Å²) in [6, 6.07) is 11.4. The monoisotopic (exact) mass is 375 g/mol. The molecule has 1 aliphatic carbocycles. The van der Waals surface area contributed by atoms with E-state index in [1.807, 2.05) is 36.4 Å². The topological polar surface area (TPSA) is 73.0 Å². The SMILES string of the molecule is O=C1CC(c2cccc(Cl)c2)Cc2c1cnc1nc(-c3ccncc3)nn21. The average Bonchev–Trinajstić information content (AvgIpc) is 3.13. The summed E-state index contributed by atoms with van der Waals surface area (Å²) in [4.78, 5) is 25.6. The number of hydrogen-bond donors (Lipinski definition) is 0. The van der Waals surface area contributed by atoms with Crippen LogP contribution in [0, 0.1) is 0 Å². The Morgan fingerprint density at radius 2 is 1.96 bits per heavy atom. The van der Waals surface area contributed by atoms with Crippen LogP contribution in [-0.4, -0.2) is 30.3 Å². The van der Waals surface area contributed by atoms with Crippen LogP contribution >= 0.6 is 11.6 Å². The first-order valence-corrected chi connectivity index (χ1v) is 9.00. The van der Waals surface area contributed by atoms with Crippen LogP contribution in [0.25, 0.3) is 17.2 Å². The number of carbonyl (C=O) groups excluding carboxylic acids is 1. The second-order valence-electron chi connectivity index (χ2n) is 6.59. The van der Waals surface area contributed by atoms with Crippen LogP contribution in [0.15, 0.2) is 55.0 Å². The summed E-state index contributed by atoms with van der Waals surface area (Å²) in [6.07, 6.45) is 6.13. The second kappa shape index (κ2) is 6.25. The van der Waals surface area contributed by atoms with Crippen molar-refractivity contribution in [3.05, 3.63) is 76.8 Å². The lowest BCUT2D eigenvalue weighted by Crippen LogP contribution is -2.22. The van der Waals surface area contributed by atoms with Crippen molar-refractivity contribution in [2.24, 2.45) is 0 Å². The molecule has 0 radical (unpaired) electrons. The van der Waals surface area contributed by atoms with Crippen molar-refractivity contribution in [1.82, 2.24) is 24.6 Å². The quantitative estimate of drug-likeness (QED) is 0.533. The molecule has 0 bridgehead atoms. The highest BCUT2D eigenvalue weighted by Gasteiger charge is 2.29. The van der Waals surface area contributed by atoms with Crippen LogP contribution < -0.4 is 0 Å². The number of benzene rings is 1. The highest BCUT2D eigenvalue weighted by Crippen LogP contribution is 2.33. The third-order valence-corrected chi connectivity index (χ3v) is 5.13. The van der Waals surface area contributed by atoms with E-state index < -0.39 is 0 Å². The van der Waals surface area contributed by atoms with E-state index in [9.17, 15) is 4.79 Å².